The molecule has 31 heavy (non-hydrogen) atoms. The van der Waals surface area contributed by atoms with Crippen molar-refractivity contribution in [1.82, 2.24) is 4.90 Å². The number of ether oxygens (including phenoxy) is 1. The van der Waals surface area contributed by atoms with E-state index in [1.807, 2.05) is 26.0 Å². The quantitative estimate of drug-likeness (QED) is 0.342. The summed E-state index contributed by atoms with van der Waals surface area (Å²) in [4.78, 5) is 52.1. The summed E-state index contributed by atoms with van der Waals surface area (Å²) in [5.74, 6) is -2.49. The Morgan fingerprint density at radius 2 is 1.71 bits per heavy atom. The van der Waals surface area contributed by atoms with Crippen LogP contribution in [0.5, 0.6) is 0 Å². The molecule has 3 fully saturated rings. The van der Waals surface area contributed by atoms with E-state index < -0.39 is 36.4 Å². The van der Waals surface area contributed by atoms with Crippen LogP contribution in [0.1, 0.15) is 24.5 Å². The van der Waals surface area contributed by atoms with E-state index in [2.05, 4.69) is 37.2 Å². The molecule has 4 rings (SSSR count). The summed E-state index contributed by atoms with van der Waals surface area (Å²) in [6.45, 7) is 4.81. The number of nitrogens with zero attached hydrogens (tertiary/aromatic N) is 1. The summed E-state index contributed by atoms with van der Waals surface area (Å²) in [5.41, 5.74) is 2.61. The number of carbonyl (C=O) groups is 4. The number of rotatable bonds is 5. The van der Waals surface area contributed by atoms with Gasteiger partial charge in [0.15, 0.2) is 6.61 Å². The first-order chi connectivity index (χ1) is 14.6. The second-order valence-corrected chi connectivity index (χ2v) is 10.7. The minimum absolute atomic E-state index is 0.0763. The van der Waals surface area contributed by atoms with Crippen molar-refractivity contribution in [3.05, 3.63) is 29.3 Å². The lowest BCUT2D eigenvalue weighted by Gasteiger charge is -2.28. The molecule has 0 aromatic heterocycles. The summed E-state index contributed by atoms with van der Waals surface area (Å²) in [6, 6.07) is 4.47. The lowest BCUT2D eigenvalue weighted by Crippen LogP contribution is -2.45. The molecule has 0 spiro atoms. The second-order valence-electron chi connectivity index (χ2n) is 8.63. The van der Waals surface area contributed by atoms with Crippen LogP contribution in [0.3, 0.4) is 0 Å². The van der Waals surface area contributed by atoms with Crippen molar-refractivity contribution < 1.29 is 23.9 Å². The predicted octanol–water partition coefficient (Wildman–Crippen LogP) is 2.95. The minimum atomic E-state index is -1.07. The van der Waals surface area contributed by atoms with Crippen molar-refractivity contribution in [2.75, 3.05) is 11.9 Å². The van der Waals surface area contributed by atoms with Gasteiger partial charge in [-0.05, 0) is 56.2 Å². The van der Waals surface area contributed by atoms with E-state index in [9.17, 15) is 19.2 Å². The summed E-state index contributed by atoms with van der Waals surface area (Å²) < 4.78 is 5.14. The van der Waals surface area contributed by atoms with Crippen LogP contribution in [0.4, 0.5) is 5.69 Å². The van der Waals surface area contributed by atoms with Crippen molar-refractivity contribution in [3.8, 4) is 0 Å². The molecule has 166 valence electrons. The van der Waals surface area contributed by atoms with Crippen molar-refractivity contribution in [3.63, 3.8) is 0 Å². The lowest BCUT2D eigenvalue weighted by atomic mass is 9.81. The van der Waals surface area contributed by atoms with Gasteiger partial charge < -0.3 is 10.1 Å². The Kier molecular flexibility index (Phi) is 6.02. The summed E-state index contributed by atoms with van der Waals surface area (Å²) in [7, 11) is 0. The van der Waals surface area contributed by atoms with Crippen LogP contribution in [-0.2, 0) is 23.9 Å². The molecule has 1 saturated heterocycles. The standard InChI is InChI=1S/C22H24Br2N2O5/c1-9-5-4-6-14(10(9)2)25-15(27)8-31-22(30)11(3)26-20(28)16-12-7-13(17(16)21(26)29)19(24)18(12)23/h4-6,11-13,16-19H,7-8H2,1-3H3,(H,25,27)/t11-,12+,13+,16+,17+,18-,19-/m0/s1. The maximum Gasteiger partial charge on any atom is 0.329 e. The van der Waals surface area contributed by atoms with Crippen molar-refractivity contribution in [1.29, 1.82) is 0 Å². The molecule has 7 nitrogen and oxygen atoms in total. The monoisotopic (exact) mass is 554 g/mol. The number of aryl methyl sites for hydroxylation is 1. The van der Waals surface area contributed by atoms with Crippen molar-refractivity contribution >= 4 is 61.2 Å². The molecule has 9 heteroatoms. The number of esters is 1. The highest BCUT2D eigenvalue weighted by Crippen LogP contribution is 2.60. The van der Waals surface area contributed by atoms with Gasteiger partial charge in [0.2, 0.25) is 11.8 Å². The van der Waals surface area contributed by atoms with Crippen LogP contribution >= 0.6 is 31.9 Å². The van der Waals surface area contributed by atoms with Gasteiger partial charge in [-0.3, -0.25) is 19.3 Å². The van der Waals surface area contributed by atoms with Crippen molar-refractivity contribution in [2.45, 2.75) is 42.9 Å². The highest BCUT2D eigenvalue weighted by Gasteiger charge is 2.67. The third-order valence-electron chi connectivity index (χ3n) is 6.97. The zero-order valence-corrected chi connectivity index (χ0v) is 20.6. The molecule has 7 atom stereocenters. The zero-order chi connectivity index (χ0) is 22.6. The first kappa shape index (κ1) is 22.5. The Morgan fingerprint density at radius 1 is 1.13 bits per heavy atom. The van der Waals surface area contributed by atoms with Gasteiger partial charge in [-0.1, -0.05) is 44.0 Å². The molecule has 3 amide bonds. The number of fused-ring (bicyclic) bond motifs is 5. The van der Waals surface area contributed by atoms with E-state index in [4.69, 9.17) is 4.74 Å². The van der Waals surface area contributed by atoms with Crippen molar-refractivity contribution in [2.24, 2.45) is 23.7 Å². The highest BCUT2D eigenvalue weighted by atomic mass is 79.9. The molecule has 1 aromatic carbocycles. The fourth-order valence-electron chi connectivity index (χ4n) is 5.19. The third kappa shape index (κ3) is 3.63. The number of anilines is 1. The SMILES string of the molecule is Cc1cccc(NC(=O)COC(=O)[C@H](C)N2C(=O)[C@@H]3[C@H]4C[C@@H]([C@H](Br)[C@H]4Br)[C@H]3C2=O)c1C. The molecule has 2 aliphatic carbocycles. The van der Waals surface area contributed by atoms with E-state index in [0.29, 0.717) is 5.69 Å². The molecule has 0 radical (unpaired) electrons. The van der Waals surface area contributed by atoms with Crippen LogP contribution in [0.25, 0.3) is 0 Å². The first-order valence-corrected chi connectivity index (χ1v) is 12.1. The number of hydrogen-bond donors (Lipinski definition) is 1. The van der Waals surface area contributed by atoms with E-state index in [1.54, 1.807) is 6.07 Å². The zero-order valence-electron chi connectivity index (χ0n) is 17.4. The molecule has 1 heterocycles. The number of halogens is 2. The number of alkyl halides is 2. The van der Waals surface area contributed by atoms with Gasteiger partial charge in [-0.15, -0.1) is 0 Å². The third-order valence-corrected chi connectivity index (χ3v) is 10.2. The number of hydrogen-bond acceptors (Lipinski definition) is 5. The number of imide groups is 1. The molecule has 1 N–H and O–H groups in total. The molecule has 2 saturated carbocycles. The van der Waals surface area contributed by atoms with E-state index >= 15 is 0 Å². The average molecular weight is 556 g/mol. The summed E-state index contributed by atoms with van der Waals surface area (Å²) >= 11 is 7.29. The largest absolute Gasteiger partial charge is 0.454 e. The first-order valence-electron chi connectivity index (χ1n) is 10.3. The van der Waals surface area contributed by atoms with Crippen LogP contribution < -0.4 is 5.32 Å². The Bertz CT molecular complexity index is 935. The van der Waals surface area contributed by atoms with Gasteiger partial charge in [0.1, 0.15) is 6.04 Å². The van der Waals surface area contributed by atoms with E-state index in [-0.39, 0.29) is 33.3 Å². The van der Waals surface area contributed by atoms with Gasteiger partial charge in [0, 0.05) is 15.3 Å². The minimum Gasteiger partial charge on any atom is -0.454 e. The van der Waals surface area contributed by atoms with Gasteiger partial charge in [-0.25, -0.2) is 4.79 Å². The Hall–Kier alpha value is -1.74. The number of benzene rings is 1. The fraction of sp³-hybridized carbons (Fsp3) is 0.545. The molecule has 3 aliphatic rings. The maximum absolute atomic E-state index is 13.0. The van der Waals surface area contributed by atoms with Crippen LogP contribution in [0.15, 0.2) is 18.2 Å². The molecule has 1 aromatic rings. The van der Waals surface area contributed by atoms with Gasteiger partial charge >= 0.3 is 5.97 Å². The molecule has 0 unspecified atom stereocenters. The van der Waals surface area contributed by atoms with Gasteiger partial charge in [0.05, 0.1) is 11.8 Å². The molecule has 2 bridgehead atoms. The Morgan fingerprint density at radius 3 is 2.29 bits per heavy atom. The number of amides is 3. The number of carbonyl (C=O) groups excluding carboxylic acids is 4. The van der Waals surface area contributed by atoms with E-state index in [1.165, 1.54) is 6.92 Å². The van der Waals surface area contributed by atoms with E-state index in [0.717, 1.165) is 22.4 Å². The van der Waals surface area contributed by atoms with Crippen LogP contribution in [-0.4, -0.2) is 50.9 Å². The van der Waals surface area contributed by atoms with Gasteiger partial charge in [-0.2, -0.15) is 0 Å². The Labute approximate surface area is 197 Å². The second kappa shape index (κ2) is 8.31. The normalized spacial score (nSPS) is 32.2. The predicted molar refractivity (Wildman–Crippen MR) is 121 cm³/mol. The Balaban J connectivity index is 1.38. The number of nitrogens with one attached hydrogen (secondary N) is 1. The highest BCUT2D eigenvalue weighted by molar-refractivity contribution is 9.12. The number of likely N-dealkylation sites (tertiary alicyclic amines) is 1. The lowest BCUT2D eigenvalue weighted by molar-refractivity contribution is -0.159. The fourth-order valence-corrected chi connectivity index (χ4v) is 7.06. The molecule has 1 aliphatic heterocycles. The summed E-state index contributed by atoms with van der Waals surface area (Å²) in [5, 5.41) is 2.72. The molecular formula is C22H24Br2N2O5. The summed E-state index contributed by atoms with van der Waals surface area (Å²) in [6.07, 6.45) is 0.823. The van der Waals surface area contributed by atoms with Crippen LogP contribution in [0.2, 0.25) is 0 Å². The average Bonchev–Trinajstić information content (AvgIpc) is 3.34. The molecular weight excluding hydrogens is 532 g/mol. The smallest absolute Gasteiger partial charge is 0.329 e. The maximum atomic E-state index is 13.0. The van der Waals surface area contributed by atoms with Crippen LogP contribution in [0, 0.1) is 37.5 Å². The van der Waals surface area contributed by atoms with Gasteiger partial charge in [0.25, 0.3) is 5.91 Å². The topological polar surface area (TPSA) is 92.8 Å².